The van der Waals surface area contributed by atoms with E-state index in [1.807, 2.05) is 0 Å². The Labute approximate surface area is 184 Å². The van der Waals surface area contributed by atoms with Crippen molar-refractivity contribution < 1.29 is 60.2 Å². The quantitative estimate of drug-likeness (QED) is 0.448. The van der Waals surface area contributed by atoms with Crippen molar-refractivity contribution in [2.24, 2.45) is 0 Å². The minimum Gasteiger partial charge on any atom is -1.00 e. The van der Waals surface area contributed by atoms with E-state index in [1.165, 1.54) is 60.8 Å². The zero-order valence-corrected chi connectivity index (χ0v) is 20.7. The van der Waals surface area contributed by atoms with Gasteiger partial charge in [-0.2, -0.15) is 12.2 Å². The fourth-order valence-electron chi connectivity index (χ4n) is 2.46. The molecular weight excluding hydrogens is 491 g/mol. The Morgan fingerprint density at radius 1 is 0.783 bits per heavy atom. The van der Waals surface area contributed by atoms with Gasteiger partial charge < -0.3 is 34.0 Å². The molecule has 0 saturated carbocycles. The molecule has 0 radical (unpaired) electrons. The smallest absolute Gasteiger partial charge is 1.00 e. The molecule has 2 aliphatic rings. The molecule has 0 heterocycles. The summed E-state index contributed by atoms with van der Waals surface area (Å²) in [7, 11) is 0. The van der Waals surface area contributed by atoms with Crippen LogP contribution in [0.2, 0.25) is 0 Å². The van der Waals surface area contributed by atoms with E-state index in [2.05, 4.69) is 52.0 Å². The van der Waals surface area contributed by atoms with Crippen molar-refractivity contribution in [3.05, 3.63) is 46.6 Å². The van der Waals surface area contributed by atoms with Crippen LogP contribution in [0.3, 0.4) is 0 Å². The average molecular weight is 521 g/mol. The topological polar surface area (TPSA) is 0 Å². The summed E-state index contributed by atoms with van der Waals surface area (Å²) in [5.74, 6) is 0. The Morgan fingerprint density at radius 3 is 1.35 bits per heavy atom. The Balaban J connectivity index is -0.000000308. The van der Waals surface area contributed by atoms with Gasteiger partial charge in [-0.15, -0.1) is 26.7 Å². The summed E-state index contributed by atoms with van der Waals surface area (Å²) in [5, 5.41) is 0. The fraction of sp³-hybridized carbons (Fsp3) is 0.600. The van der Waals surface area contributed by atoms with Crippen molar-refractivity contribution in [2.75, 3.05) is 0 Å². The molecule has 0 N–H and O–H groups in total. The Kier molecular flexibility index (Phi) is 21.9. The molecule has 0 saturated heterocycles. The third-order valence-corrected chi connectivity index (χ3v) is 3.96. The SMILES string of the molecule is CCCCC1=[C-]CC=C1C.CCCCC1=[C-]CC=C1C.[Br-].[Br-].[Zr+4]. The second-order valence-corrected chi connectivity index (χ2v) is 5.70. The molecule has 0 spiro atoms. The van der Waals surface area contributed by atoms with Gasteiger partial charge in [-0.25, -0.2) is 22.3 Å². The van der Waals surface area contributed by atoms with Crippen LogP contribution in [-0.2, 0) is 26.2 Å². The second-order valence-electron chi connectivity index (χ2n) is 5.70. The molecule has 0 atom stereocenters. The first-order valence-corrected chi connectivity index (χ1v) is 8.22. The molecule has 2 rings (SSSR count). The Morgan fingerprint density at radius 2 is 1.13 bits per heavy atom. The van der Waals surface area contributed by atoms with Gasteiger partial charge in [0.05, 0.1) is 0 Å². The first kappa shape index (κ1) is 28.6. The molecule has 0 amide bonds. The maximum Gasteiger partial charge on any atom is 4.00 e. The Hall–Kier alpha value is 0.803. The van der Waals surface area contributed by atoms with Crippen LogP contribution in [0, 0.1) is 12.2 Å². The first-order valence-electron chi connectivity index (χ1n) is 8.22. The zero-order chi connectivity index (χ0) is 14.8. The molecule has 3 heteroatoms. The number of unbranched alkanes of at least 4 members (excludes halogenated alkanes) is 2. The molecule has 2 aliphatic carbocycles. The van der Waals surface area contributed by atoms with Gasteiger partial charge in [-0.1, -0.05) is 52.4 Å². The van der Waals surface area contributed by atoms with Crippen LogP contribution >= 0.6 is 0 Å². The Bertz CT molecular complexity index is 377. The van der Waals surface area contributed by atoms with Gasteiger partial charge in [0.25, 0.3) is 0 Å². The second kappa shape index (κ2) is 17.6. The number of halogens is 2. The molecule has 0 fully saturated rings. The van der Waals surface area contributed by atoms with E-state index in [0.717, 1.165) is 12.8 Å². The van der Waals surface area contributed by atoms with Crippen LogP contribution in [-0.4, -0.2) is 0 Å². The van der Waals surface area contributed by atoms with Crippen LogP contribution in [0.15, 0.2) is 34.4 Å². The number of hydrogen-bond acceptors (Lipinski definition) is 0. The summed E-state index contributed by atoms with van der Waals surface area (Å²) >= 11 is 0. The van der Waals surface area contributed by atoms with Gasteiger partial charge in [0.15, 0.2) is 0 Å². The number of allylic oxidation sites excluding steroid dienone is 8. The van der Waals surface area contributed by atoms with E-state index in [0.29, 0.717) is 0 Å². The van der Waals surface area contributed by atoms with Crippen molar-refractivity contribution >= 4 is 0 Å². The molecule has 128 valence electrons. The van der Waals surface area contributed by atoms with Crippen LogP contribution in [0.4, 0.5) is 0 Å². The molecule has 0 aliphatic heterocycles. The van der Waals surface area contributed by atoms with Crippen molar-refractivity contribution in [1.82, 2.24) is 0 Å². The number of hydrogen-bond donors (Lipinski definition) is 0. The monoisotopic (exact) mass is 518 g/mol. The summed E-state index contributed by atoms with van der Waals surface area (Å²) < 4.78 is 0. The normalized spacial score (nSPS) is 14.8. The molecule has 0 bridgehead atoms. The average Bonchev–Trinajstić information content (AvgIpc) is 3.04. The molecular formula is C20H30Br2Zr. The van der Waals surface area contributed by atoms with Crippen LogP contribution in [0.1, 0.15) is 79.1 Å². The van der Waals surface area contributed by atoms with Gasteiger partial charge in [-0.05, 0) is 0 Å². The standard InChI is InChI=1S/2C10H15.2BrH.Zr/c2*1-3-4-7-10-8-5-6-9(10)2;;;/h2*6H,3-5,7H2,1-2H3;2*1H;/q2*-1;;;+4/p-2. The molecule has 0 aromatic carbocycles. The maximum absolute atomic E-state index is 3.37. The fourth-order valence-corrected chi connectivity index (χ4v) is 2.46. The first-order chi connectivity index (χ1) is 9.69. The van der Waals surface area contributed by atoms with Crippen LogP contribution in [0.25, 0.3) is 0 Å². The van der Waals surface area contributed by atoms with Crippen molar-refractivity contribution in [2.45, 2.75) is 79.1 Å². The number of rotatable bonds is 6. The summed E-state index contributed by atoms with van der Waals surface area (Å²) in [5.41, 5.74) is 5.82. The van der Waals surface area contributed by atoms with Crippen molar-refractivity contribution in [3.8, 4) is 0 Å². The molecule has 0 unspecified atom stereocenters. The minimum atomic E-state index is 0. The van der Waals surface area contributed by atoms with E-state index in [9.17, 15) is 0 Å². The zero-order valence-electron chi connectivity index (χ0n) is 15.1. The van der Waals surface area contributed by atoms with Crippen LogP contribution in [0.5, 0.6) is 0 Å². The summed E-state index contributed by atoms with van der Waals surface area (Å²) in [4.78, 5) is 0. The van der Waals surface area contributed by atoms with Crippen molar-refractivity contribution in [1.29, 1.82) is 0 Å². The van der Waals surface area contributed by atoms with Gasteiger partial charge in [0.1, 0.15) is 0 Å². The summed E-state index contributed by atoms with van der Waals surface area (Å²) in [6.07, 6.45) is 21.0. The van der Waals surface area contributed by atoms with Gasteiger partial charge in [-0.3, -0.25) is 12.2 Å². The third kappa shape index (κ3) is 11.9. The predicted molar refractivity (Wildman–Crippen MR) is 89.3 cm³/mol. The van der Waals surface area contributed by atoms with Gasteiger partial charge in [0.2, 0.25) is 0 Å². The molecule has 23 heavy (non-hydrogen) atoms. The predicted octanol–water partition coefficient (Wildman–Crippen LogP) is 0.518. The van der Waals surface area contributed by atoms with E-state index in [-0.39, 0.29) is 60.2 Å². The van der Waals surface area contributed by atoms with E-state index in [4.69, 9.17) is 0 Å². The third-order valence-electron chi connectivity index (χ3n) is 3.96. The maximum atomic E-state index is 3.37. The molecule has 0 nitrogen and oxygen atoms in total. The summed E-state index contributed by atoms with van der Waals surface area (Å²) in [6.45, 7) is 8.83. The van der Waals surface area contributed by atoms with Crippen LogP contribution < -0.4 is 34.0 Å². The van der Waals surface area contributed by atoms with Crippen molar-refractivity contribution in [3.63, 3.8) is 0 Å². The van der Waals surface area contributed by atoms with E-state index >= 15 is 0 Å². The van der Waals surface area contributed by atoms with E-state index < -0.39 is 0 Å². The van der Waals surface area contributed by atoms with E-state index in [1.54, 1.807) is 0 Å². The van der Waals surface area contributed by atoms with Gasteiger partial charge in [0, 0.05) is 0 Å². The largest absolute Gasteiger partial charge is 4.00 e. The molecule has 0 aromatic rings. The van der Waals surface area contributed by atoms with Gasteiger partial charge >= 0.3 is 26.2 Å². The molecule has 0 aromatic heterocycles. The minimum absolute atomic E-state index is 0. The summed E-state index contributed by atoms with van der Waals surface area (Å²) in [6, 6.07) is 0.